The number of carbonyl (C=O) groups excluding carboxylic acids is 3. The quantitative estimate of drug-likeness (QED) is 0.324. The van der Waals surface area contributed by atoms with Gasteiger partial charge in [-0.3, -0.25) is 24.0 Å². The van der Waals surface area contributed by atoms with E-state index in [1.165, 1.54) is 35.2 Å². The summed E-state index contributed by atoms with van der Waals surface area (Å²) in [6.45, 7) is 3.85. The molecule has 1 saturated heterocycles. The van der Waals surface area contributed by atoms with Gasteiger partial charge in [0.25, 0.3) is 5.91 Å². The monoisotopic (exact) mass is 795 g/mol. The van der Waals surface area contributed by atoms with Crippen molar-refractivity contribution in [2.45, 2.75) is 113 Å². The summed E-state index contributed by atoms with van der Waals surface area (Å²) in [7, 11) is -2.57. The maximum atomic E-state index is 15.3. The number of hydrogen-bond acceptors (Lipinski definition) is 9. The number of rotatable bonds is 8. The van der Waals surface area contributed by atoms with E-state index in [0.29, 0.717) is 55.7 Å². The number of fused-ring (bicyclic) bond motifs is 4. The zero-order valence-corrected chi connectivity index (χ0v) is 32.7. The minimum Gasteiger partial charge on any atom is -0.494 e. The molecular formula is C40H50FN5O9S. The summed E-state index contributed by atoms with van der Waals surface area (Å²) in [6.07, 6.45) is 8.55. The maximum absolute atomic E-state index is 15.3. The molecule has 3 heterocycles. The van der Waals surface area contributed by atoms with Crippen LogP contribution in [0.4, 0.5) is 9.18 Å². The number of sulfonamides is 1. The number of allylic oxidation sites excluding steroid dienone is 1. The summed E-state index contributed by atoms with van der Waals surface area (Å²) in [5.74, 6) is -2.41. The van der Waals surface area contributed by atoms with Crippen LogP contribution < -0.4 is 19.5 Å². The van der Waals surface area contributed by atoms with Crippen LogP contribution in [0.2, 0.25) is 0 Å². The summed E-state index contributed by atoms with van der Waals surface area (Å²) in [5.41, 5.74) is -1.56. The van der Waals surface area contributed by atoms with E-state index in [0.717, 1.165) is 12.8 Å². The molecular weight excluding hydrogens is 746 g/mol. The van der Waals surface area contributed by atoms with Gasteiger partial charge in [-0.05, 0) is 99.7 Å². The van der Waals surface area contributed by atoms with Crippen molar-refractivity contribution >= 4 is 44.6 Å². The molecule has 3 N–H and O–H groups in total. The largest absolute Gasteiger partial charge is 0.494 e. The van der Waals surface area contributed by atoms with Gasteiger partial charge in [0.2, 0.25) is 27.7 Å². The highest BCUT2D eigenvalue weighted by molar-refractivity contribution is 7.91. The zero-order chi connectivity index (χ0) is 39.7. The number of halogens is 1. The number of carbonyl (C=O) groups is 4. The summed E-state index contributed by atoms with van der Waals surface area (Å²) >= 11 is 0. The Hall–Kier alpha value is -4.47. The van der Waals surface area contributed by atoms with E-state index in [2.05, 4.69) is 21.9 Å². The van der Waals surface area contributed by atoms with Crippen LogP contribution >= 0.6 is 0 Å². The molecule has 14 nitrogen and oxygen atoms in total. The average molecular weight is 796 g/mol. The fraction of sp³-hybridized carbons (Fsp3) is 0.625. The van der Waals surface area contributed by atoms with E-state index in [1.54, 1.807) is 6.07 Å². The van der Waals surface area contributed by atoms with Gasteiger partial charge >= 0.3 is 6.09 Å². The number of methoxy groups -OCH3 is 1. The van der Waals surface area contributed by atoms with E-state index in [1.807, 2.05) is 19.1 Å². The van der Waals surface area contributed by atoms with E-state index >= 15 is 9.18 Å². The Morgan fingerprint density at radius 1 is 1.05 bits per heavy atom. The standard InChI is InChI=1S/C40H50FN5O9S/c1-21-6-4-5-7-25-19-40(25,38(49)44-56(52,53)28-8-9-28)43-35(47)31-18-27(55-36-30-10-11-32(54-3)33(41)29(30)12-13-42-36)20-45(31)37(48)34(22(2)14-21)46(39(50)51)26-16-23-15-24(23)17-26/h5,7,10-13,21-28,31,34H,4,6,8-9,14-20H2,1-3H3,(H,43,47)(H,44,49)(H,50,51)/b7-5-/t21-,22+,23-,24?,25+,26+,27+,31-,34-,40+/m0/s1. The van der Waals surface area contributed by atoms with Crippen LogP contribution in [0.3, 0.4) is 0 Å². The van der Waals surface area contributed by atoms with Crippen LogP contribution in [-0.4, -0.2) is 101 Å². The minimum absolute atomic E-state index is 0.0387. The first kappa shape index (κ1) is 38.4. The second-order valence-corrected chi connectivity index (χ2v) is 19.0. The van der Waals surface area contributed by atoms with Crippen LogP contribution in [0.5, 0.6) is 11.6 Å². The maximum Gasteiger partial charge on any atom is 0.408 e. The first-order valence-corrected chi connectivity index (χ1v) is 21.4. The number of benzene rings is 1. The molecule has 5 fully saturated rings. The molecule has 4 saturated carbocycles. The van der Waals surface area contributed by atoms with Crippen molar-refractivity contribution in [3.63, 3.8) is 0 Å². The average Bonchev–Trinajstić information content (AvgIpc) is 4.11. The first-order valence-electron chi connectivity index (χ1n) is 19.8. The van der Waals surface area contributed by atoms with Crippen molar-refractivity contribution in [2.75, 3.05) is 13.7 Å². The van der Waals surface area contributed by atoms with Gasteiger partial charge in [-0.2, -0.15) is 0 Å². The van der Waals surface area contributed by atoms with Crippen LogP contribution in [0.25, 0.3) is 10.8 Å². The van der Waals surface area contributed by atoms with E-state index in [4.69, 9.17) is 9.47 Å². The Bertz CT molecular complexity index is 2070. The second-order valence-electron chi connectivity index (χ2n) is 17.1. The molecule has 8 rings (SSSR count). The highest BCUT2D eigenvalue weighted by Gasteiger charge is 2.62. The van der Waals surface area contributed by atoms with Gasteiger partial charge < -0.3 is 24.8 Å². The van der Waals surface area contributed by atoms with Crippen LogP contribution in [-0.2, 0) is 24.4 Å². The molecule has 10 atom stereocenters. The number of nitrogens with zero attached hydrogens (tertiary/aromatic N) is 3. The zero-order valence-electron chi connectivity index (χ0n) is 31.9. The Morgan fingerprint density at radius 3 is 2.50 bits per heavy atom. The number of amides is 4. The number of nitrogens with one attached hydrogen (secondary N) is 2. The summed E-state index contributed by atoms with van der Waals surface area (Å²) in [6, 6.07) is 1.91. The van der Waals surface area contributed by atoms with Crippen molar-refractivity contribution in [2.24, 2.45) is 29.6 Å². The number of pyridine rings is 1. The lowest BCUT2D eigenvalue weighted by molar-refractivity contribution is -0.145. The number of hydrogen-bond donors (Lipinski definition) is 3. The van der Waals surface area contributed by atoms with Crippen molar-refractivity contribution in [3.8, 4) is 11.6 Å². The van der Waals surface area contributed by atoms with Crippen molar-refractivity contribution in [1.82, 2.24) is 24.8 Å². The minimum atomic E-state index is -3.94. The smallest absolute Gasteiger partial charge is 0.408 e. The van der Waals surface area contributed by atoms with Gasteiger partial charge in [-0.25, -0.2) is 22.6 Å². The predicted molar refractivity (Wildman–Crippen MR) is 201 cm³/mol. The fourth-order valence-electron chi connectivity index (χ4n) is 9.66. The lowest BCUT2D eigenvalue weighted by Gasteiger charge is -2.40. The topological polar surface area (TPSA) is 185 Å². The molecule has 2 aromatic rings. The Morgan fingerprint density at radius 2 is 1.80 bits per heavy atom. The molecule has 1 unspecified atom stereocenters. The molecule has 0 bridgehead atoms. The Kier molecular flexibility index (Phi) is 9.93. The molecule has 0 spiro atoms. The van der Waals surface area contributed by atoms with Crippen molar-refractivity contribution in [3.05, 3.63) is 42.4 Å². The van der Waals surface area contributed by atoms with Gasteiger partial charge in [0.15, 0.2) is 11.6 Å². The number of carboxylic acid groups (broad SMARTS) is 1. The van der Waals surface area contributed by atoms with E-state index in [-0.39, 0.29) is 48.4 Å². The normalized spacial score (nSPS) is 34.9. The van der Waals surface area contributed by atoms with Gasteiger partial charge in [-0.1, -0.05) is 26.0 Å². The molecule has 16 heteroatoms. The molecule has 302 valence electrons. The lowest BCUT2D eigenvalue weighted by atomic mass is 9.86. The van der Waals surface area contributed by atoms with Gasteiger partial charge in [-0.15, -0.1) is 0 Å². The third kappa shape index (κ3) is 7.17. The van der Waals surface area contributed by atoms with E-state index in [9.17, 15) is 27.9 Å². The fourth-order valence-corrected chi connectivity index (χ4v) is 11.0. The van der Waals surface area contributed by atoms with Crippen LogP contribution in [0, 0.1) is 35.4 Å². The molecule has 4 aliphatic carbocycles. The third-order valence-corrected chi connectivity index (χ3v) is 14.8. The van der Waals surface area contributed by atoms with Crippen molar-refractivity contribution < 1.29 is 46.6 Å². The molecule has 4 amide bonds. The summed E-state index contributed by atoms with van der Waals surface area (Å²) in [4.78, 5) is 63.8. The Labute approximate surface area is 325 Å². The van der Waals surface area contributed by atoms with Gasteiger partial charge in [0, 0.05) is 35.3 Å². The third-order valence-electron chi connectivity index (χ3n) is 13.0. The highest BCUT2D eigenvalue weighted by atomic mass is 32.2. The SMILES string of the molecule is COc1ccc2c(O[C@@H]3C[C@H]4C(=O)N[C@]5(C(=O)NS(=O)(=O)C6CC6)C[C@H]5/C=C\CC[C@H](C)C[C@@H](C)[C@H](N(C(=O)O)[C@H]5CC6C[C@H]6C5)C(=O)N4C3)nccc2c1F. The molecule has 1 aromatic carbocycles. The molecule has 56 heavy (non-hydrogen) atoms. The van der Waals surface area contributed by atoms with Crippen molar-refractivity contribution in [1.29, 1.82) is 0 Å². The number of aromatic nitrogens is 1. The van der Waals surface area contributed by atoms with Crippen LogP contribution in [0.1, 0.15) is 78.1 Å². The summed E-state index contributed by atoms with van der Waals surface area (Å²) < 4.78 is 54.8. The van der Waals surface area contributed by atoms with Crippen LogP contribution in [0.15, 0.2) is 36.5 Å². The van der Waals surface area contributed by atoms with Gasteiger partial charge in [0.1, 0.15) is 23.7 Å². The van der Waals surface area contributed by atoms with E-state index < -0.39 is 80.5 Å². The first-order chi connectivity index (χ1) is 26.7. The Balaban J connectivity index is 1.16. The van der Waals surface area contributed by atoms with Gasteiger partial charge in [0.05, 0.1) is 18.9 Å². The summed E-state index contributed by atoms with van der Waals surface area (Å²) in [5, 5.41) is 13.5. The molecule has 0 radical (unpaired) electrons. The lowest BCUT2D eigenvalue weighted by Crippen LogP contribution is -2.61. The molecule has 2 aliphatic heterocycles. The highest BCUT2D eigenvalue weighted by Crippen LogP contribution is 2.54. The predicted octanol–water partition coefficient (Wildman–Crippen LogP) is 4.37. The molecule has 6 aliphatic rings. The molecule has 1 aromatic heterocycles. The number of ether oxygens (including phenoxy) is 2. The second kappa shape index (κ2) is 14.5.